The van der Waals surface area contributed by atoms with Gasteiger partial charge >= 0.3 is 5.97 Å². The molecule has 1 amide bonds. The summed E-state index contributed by atoms with van der Waals surface area (Å²) in [5.41, 5.74) is 0.869. The second kappa shape index (κ2) is 7.37. The summed E-state index contributed by atoms with van der Waals surface area (Å²) >= 11 is 0. The third kappa shape index (κ3) is 4.54. The van der Waals surface area contributed by atoms with E-state index in [9.17, 15) is 18.0 Å². The lowest BCUT2D eigenvalue weighted by molar-refractivity contribution is -0.113. The topological polar surface area (TPSA) is 104 Å². The molecule has 0 aliphatic heterocycles. The van der Waals surface area contributed by atoms with Crippen LogP contribution in [0.1, 0.15) is 29.8 Å². The average molecular weight is 328 g/mol. The summed E-state index contributed by atoms with van der Waals surface area (Å²) in [4.78, 5) is 22.9. The predicted octanol–water partition coefficient (Wildman–Crippen LogP) is 1.30. The molecule has 0 heterocycles. The van der Waals surface area contributed by atoms with E-state index in [0.717, 1.165) is 0 Å². The van der Waals surface area contributed by atoms with Crippen LogP contribution in [0.3, 0.4) is 0 Å². The Bertz CT molecular complexity index is 666. The zero-order valence-electron chi connectivity index (χ0n) is 12.8. The van der Waals surface area contributed by atoms with Gasteiger partial charge in [0.1, 0.15) is 5.75 Å². The van der Waals surface area contributed by atoms with Crippen LogP contribution in [0.15, 0.2) is 18.2 Å². The van der Waals surface area contributed by atoms with E-state index >= 15 is 0 Å². The molecule has 2 N–H and O–H groups in total. The number of carboxylic acids is 1. The number of hydrogen-bond donors (Lipinski definition) is 2. The Morgan fingerprint density at radius 2 is 1.82 bits per heavy atom. The molecule has 0 bridgehead atoms. The van der Waals surface area contributed by atoms with Crippen LogP contribution in [0.25, 0.3) is 0 Å². The molecule has 7 nitrogen and oxygen atoms in total. The Hall–Kier alpha value is -1.93. The number of carbonyl (C=O) groups is 2. The minimum absolute atomic E-state index is 0.0596. The lowest BCUT2D eigenvalue weighted by Gasteiger charge is -2.18. The molecule has 0 radical (unpaired) electrons. The third-order valence-corrected chi connectivity index (χ3v) is 5.09. The highest BCUT2D eigenvalue weighted by Gasteiger charge is 2.23. The van der Waals surface area contributed by atoms with Crippen molar-refractivity contribution in [2.75, 3.05) is 24.2 Å². The first kappa shape index (κ1) is 18.1. The SMILES string of the molecule is CCN(CC)S(=O)(=O)CC(=O)Nc1ccc(C)c(C(=O)O)c1. The Morgan fingerprint density at radius 3 is 2.32 bits per heavy atom. The Kier molecular flexibility index (Phi) is 6.07. The Labute approximate surface area is 130 Å². The maximum absolute atomic E-state index is 12.0. The second-order valence-electron chi connectivity index (χ2n) is 4.72. The van der Waals surface area contributed by atoms with E-state index in [2.05, 4.69) is 5.32 Å². The van der Waals surface area contributed by atoms with E-state index in [1.807, 2.05) is 0 Å². The molecular formula is C14H20N2O5S. The quantitative estimate of drug-likeness (QED) is 0.785. The minimum atomic E-state index is -3.67. The molecule has 0 aliphatic carbocycles. The molecule has 0 unspecified atom stereocenters. The first-order valence-electron chi connectivity index (χ1n) is 6.82. The van der Waals surface area contributed by atoms with Crippen molar-refractivity contribution in [2.24, 2.45) is 0 Å². The fourth-order valence-electron chi connectivity index (χ4n) is 2.00. The number of benzene rings is 1. The fraction of sp³-hybridized carbons (Fsp3) is 0.429. The second-order valence-corrected chi connectivity index (χ2v) is 6.69. The predicted molar refractivity (Wildman–Crippen MR) is 83.5 cm³/mol. The van der Waals surface area contributed by atoms with Crippen LogP contribution in [-0.2, 0) is 14.8 Å². The number of carbonyl (C=O) groups excluding carboxylic acids is 1. The van der Waals surface area contributed by atoms with Gasteiger partial charge in [0.2, 0.25) is 15.9 Å². The number of aryl methyl sites for hydroxylation is 1. The standard InChI is InChI=1S/C14H20N2O5S/c1-4-16(5-2)22(20,21)9-13(17)15-11-7-6-10(3)12(8-11)14(18)19/h6-8H,4-5,9H2,1-3H3,(H,15,17)(H,18,19). The molecule has 1 rings (SSSR count). The third-order valence-electron chi connectivity index (χ3n) is 3.16. The zero-order chi connectivity index (χ0) is 16.9. The highest BCUT2D eigenvalue weighted by atomic mass is 32.2. The van der Waals surface area contributed by atoms with E-state index in [1.165, 1.54) is 16.4 Å². The van der Waals surface area contributed by atoms with Crippen LogP contribution < -0.4 is 5.32 Å². The normalized spacial score (nSPS) is 11.5. The van der Waals surface area contributed by atoms with Crippen LogP contribution in [-0.4, -0.2) is 48.5 Å². The van der Waals surface area contributed by atoms with Crippen LogP contribution in [0, 0.1) is 6.92 Å². The lowest BCUT2D eigenvalue weighted by atomic mass is 10.1. The van der Waals surface area contributed by atoms with Crippen molar-refractivity contribution < 1.29 is 23.1 Å². The van der Waals surface area contributed by atoms with E-state index in [-0.39, 0.29) is 11.3 Å². The minimum Gasteiger partial charge on any atom is -0.478 e. The highest BCUT2D eigenvalue weighted by molar-refractivity contribution is 7.89. The van der Waals surface area contributed by atoms with Crippen molar-refractivity contribution in [2.45, 2.75) is 20.8 Å². The molecule has 1 aromatic rings. The van der Waals surface area contributed by atoms with Gasteiger partial charge in [0.25, 0.3) is 0 Å². The van der Waals surface area contributed by atoms with Gasteiger partial charge in [-0.15, -0.1) is 0 Å². The lowest BCUT2D eigenvalue weighted by Crippen LogP contribution is -2.36. The van der Waals surface area contributed by atoms with E-state index in [4.69, 9.17) is 5.11 Å². The fourth-order valence-corrected chi connectivity index (χ4v) is 3.37. The highest BCUT2D eigenvalue weighted by Crippen LogP contribution is 2.15. The molecule has 0 aromatic heterocycles. The number of nitrogens with zero attached hydrogens (tertiary/aromatic N) is 1. The number of nitrogens with one attached hydrogen (secondary N) is 1. The first-order valence-corrected chi connectivity index (χ1v) is 8.43. The van der Waals surface area contributed by atoms with Crippen molar-refractivity contribution in [3.8, 4) is 0 Å². The van der Waals surface area contributed by atoms with Gasteiger partial charge in [-0.3, -0.25) is 4.79 Å². The van der Waals surface area contributed by atoms with E-state index in [0.29, 0.717) is 18.7 Å². The Balaban J connectivity index is 2.86. The van der Waals surface area contributed by atoms with E-state index in [1.54, 1.807) is 26.8 Å². The molecule has 0 saturated heterocycles. The summed E-state index contributed by atoms with van der Waals surface area (Å²) < 4.78 is 25.2. The van der Waals surface area contributed by atoms with Gasteiger partial charge in [-0.2, -0.15) is 0 Å². The van der Waals surface area contributed by atoms with Crippen LogP contribution in [0.4, 0.5) is 5.69 Å². The number of carboxylic acid groups (broad SMARTS) is 1. The van der Waals surface area contributed by atoms with Gasteiger partial charge in [-0.25, -0.2) is 17.5 Å². The van der Waals surface area contributed by atoms with Crippen LogP contribution in [0.2, 0.25) is 0 Å². The molecular weight excluding hydrogens is 308 g/mol. The van der Waals surface area contributed by atoms with Crippen molar-refractivity contribution in [3.63, 3.8) is 0 Å². The van der Waals surface area contributed by atoms with Gasteiger partial charge in [0, 0.05) is 18.8 Å². The molecule has 22 heavy (non-hydrogen) atoms. The van der Waals surface area contributed by atoms with Gasteiger partial charge in [0.05, 0.1) is 5.56 Å². The number of amides is 1. The number of hydrogen-bond acceptors (Lipinski definition) is 4. The van der Waals surface area contributed by atoms with Crippen LogP contribution in [0.5, 0.6) is 0 Å². The zero-order valence-corrected chi connectivity index (χ0v) is 13.6. The summed E-state index contributed by atoms with van der Waals surface area (Å²) in [7, 11) is -3.67. The van der Waals surface area contributed by atoms with Gasteiger partial charge in [-0.05, 0) is 24.6 Å². The summed E-state index contributed by atoms with van der Waals surface area (Å²) in [6, 6.07) is 4.39. The maximum Gasteiger partial charge on any atom is 0.336 e. The molecule has 1 aromatic carbocycles. The molecule has 8 heteroatoms. The number of aromatic carboxylic acids is 1. The largest absolute Gasteiger partial charge is 0.478 e. The van der Waals surface area contributed by atoms with Crippen molar-refractivity contribution in [3.05, 3.63) is 29.3 Å². The van der Waals surface area contributed by atoms with Crippen molar-refractivity contribution >= 4 is 27.6 Å². The van der Waals surface area contributed by atoms with E-state index < -0.39 is 27.7 Å². The maximum atomic E-state index is 12.0. The number of rotatable bonds is 7. The van der Waals surface area contributed by atoms with Gasteiger partial charge in [0.15, 0.2) is 0 Å². The molecule has 0 spiro atoms. The first-order chi connectivity index (χ1) is 10.2. The molecule has 122 valence electrons. The molecule has 0 aliphatic rings. The molecule has 0 atom stereocenters. The van der Waals surface area contributed by atoms with Crippen molar-refractivity contribution in [1.29, 1.82) is 0 Å². The average Bonchev–Trinajstić information content (AvgIpc) is 2.40. The number of anilines is 1. The van der Waals surface area contributed by atoms with Gasteiger partial charge < -0.3 is 10.4 Å². The Morgan fingerprint density at radius 1 is 1.23 bits per heavy atom. The van der Waals surface area contributed by atoms with Crippen molar-refractivity contribution in [1.82, 2.24) is 4.31 Å². The summed E-state index contributed by atoms with van der Waals surface area (Å²) in [6.45, 7) is 5.61. The number of sulfonamides is 1. The smallest absolute Gasteiger partial charge is 0.336 e. The molecule has 0 saturated carbocycles. The monoisotopic (exact) mass is 328 g/mol. The van der Waals surface area contributed by atoms with Crippen LogP contribution >= 0.6 is 0 Å². The summed E-state index contributed by atoms with van der Waals surface area (Å²) in [6.07, 6.45) is 0. The molecule has 0 fully saturated rings. The van der Waals surface area contributed by atoms with Gasteiger partial charge in [-0.1, -0.05) is 19.9 Å². The summed E-state index contributed by atoms with van der Waals surface area (Å²) in [5, 5.41) is 11.4. The summed E-state index contributed by atoms with van der Waals surface area (Å²) in [5.74, 6) is -2.48.